The van der Waals surface area contributed by atoms with Gasteiger partial charge < -0.3 is 0 Å². The van der Waals surface area contributed by atoms with Crippen molar-refractivity contribution in [2.75, 3.05) is 0 Å². The molecule has 0 aliphatic carbocycles. The lowest BCUT2D eigenvalue weighted by Gasteiger charge is -2.13. The van der Waals surface area contributed by atoms with Crippen LogP contribution >= 0.6 is 183 Å². The zero-order valence-electron chi connectivity index (χ0n) is 51.7. The predicted octanol–water partition coefficient (Wildman–Crippen LogP) is 31.8. The van der Waals surface area contributed by atoms with E-state index in [-0.39, 0.29) is 42.0 Å². The molecule has 0 aromatic heterocycles. The Kier molecular flexibility index (Phi) is 37.2. The van der Waals surface area contributed by atoms with Crippen molar-refractivity contribution < 1.29 is 74.6 Å². The Morgan fingerprint density at radius 1 is 0.242 bits per heavy atom. The molecule has 0 amide bonds. The highest BCUT2D eigenvalue weighted by Crippen LogP contribution is 2.41. The van der Waals surface area contributed by atoms with Gasteiger partial charge in [-0.25, -0.2) is 8.78 Å². The molecule has 0 spiro atoms. The molecule has 95 heavy (non-hydrogen) atoms. The van der Waals surface area contributed by atoms with Gasteiger partial charge in [0.2, 0.25) is 0 Å². The van der Waals surface area contributed by atoms with Crippen molar-refractivity contribution in [1.82, 2.24) is 0 Å². The van der Waals surface area contributed by atoms with Crippen LogP contribution in [0.3, 0.4) is 0 Å². The number of aryl methyl sites for hydroxylation is 11. The molecular formula is C66H55Br10Cl2F17. The van der Waals surface area contributed by atoms with Gasteiger partial charge in [0.05, 0.1) is 32.8 Å². The van der Waals surface area contributed by atoms with Crippen molar-refractivity contribution in [2.45, 2.75) is 121 Å². The molecule has 8 aromatic carbocycles. The summed E-state index contributed by atoms with van der Waals surface area (Å²) in [6, 6.07) is 24.5. The summed E-state index contributed by atoms with van der Waals surface area (Å²) in [5.74, 6) is -1.36. The molecule has 0 bridgehead atoms. The van der Waals surface area contributed by atoms with Gasteiger partial charge in [-0.1, -0.05) is 167 Å². The molecule has 0 fully saturated rings. The summed E-state index contributed by atoms with van der Waals surface area (Å²) >= 11 is 42.9. The van der Waals surface area contributed by atoms with Crippen LogP contribution in [0.4, 0.5) is 74.6 Å². The van der Waals surface area contributed by atoms with Crippen LogP contribution in [0, 0.1) is 102 Å². The van der Waals surface area contributed by atoms with Gasteiger partial charge in [-0.3, -0.25) is 0 Å². The van der Waals surface area contributed by atoms with Crippen LogP contribution in [-0.2, 0) is 30.9 Å². The highest BCUT2D eigenvalue weighted by atomic mass is 79.9. The molecule has 0 radical (unpaired) electrons. The van der Waals surface area contributed by atoms with Crippen LogP contribution in [0.15, 0.2) is 142 Å². The molecule has 0 N–H and O–H groups in total. The second-order valence-corrected chi connectivity index (χ2v) is 30.3. The summed E-state index contributed by atoms with van der Waals surface area (Å²) in [6.07, 6.45) is -21.9. The third kappa shape index (κ3) is 30.6. The van der Waals surface area contributed by atoms with Crippen LogP contribution < -0.4 is 0 Å². The maximum Gasteiger partial charge on any atom is 0.419 e. The van der Waals surface area contributed by atoms with Gasteiger partial charge >= 0.3 is 30.9 Å². The summed E-state index contributed by atoms with van der Waals surface area (Å²) in [4.78, 5) is 0. The van der Waals surface area contributed by atoms with Gasteiger partial charge in [-0.2, -0.15) is 65.9 Å². The Hall–Kier alpha value is -2.05. The SMILES string of the molecule is Cc1cc(Br)cc(C(F)(F)F)c1Br.Cc1cc(Br)cc(C(F)(F)F)c1C.Cc1cc(Br)cc(C(F)(F)F)c1Cl.Cc1cc(Br)cc(C(F)(F)F)c1F.Cc1cc(Br)cc(C)c1Br.Cc1cc(Br)cc(C)c1C(F)(F)F.Cc1cc(Br)cc(C)c1Cl.Cc1cc(Br)cc(F)c1C. The fourth-order valence-electron chi connectivity index (χ4n) is 7.82. The van der Waals surface area contributed by atoms with Gasteiger partial charge in [-0.05, 0) is 275 Å². The van der Waals surface area contributed by atoms with Gasteiger partial charge in [0.15, 0.2) is 0 Å². The normalized spacial score (nSPS) is 11.3. The lowest BCUT2D eigenvalue weighted by atomic mass is 10.0. The summed E-state index contributed by atoms with van der Waals surface area (Å²) in [5, 5.41) is 0.624. The fraction of sp³-hybridized carbons (Fsp3) is 0.273. The number of halogens is 29. The standard InChI is InChI=1S/2C9H8BrF3.C8H5Br2F3.C8H8Br2.C8H5BrClF3.C8H8BrCl.C8H5BrF4.C8H8BrF/c1-5-3-7(10)4-8(6(5)2)9(11,12)13;1-5-3-7(10)4-6(2)8(5)9(11,12)13;1-4-2-5(9)3-6(7(4)10)8(11,12)13;1-5-3-7(9)4-6(2)8(5)10;1-4-2-5(9)3-6(7(4)10)8(11,12)13;1-5-3-7(9)4-6(2)8(5)10;1-4-2-5(9)3-6(7(4)10)8(11,12)13;1-5-3-7(9)4-8(10)6(5)2/h2*3-4H,1-2H3;2-3H,1H3;3-4H,1-2H3;2-3H,1H3;3-4H,1-2H3;2-3H,1H3;3-4H,1-2H3. The highest BCUT2D eigenvalue weighted by molar-refractivity contribution is 9.12. The predicted molar refractivity (Wildman–Crippen MR) is 385 cm³/mol. The minimum atomic E-state index is -4.64. The van der Waals surface area contributed by atoms with E-state index in [0.29, 0.717) is 34.6 Å². The maximum absolute atomic E-state index is 12.9. The molecule has 0 saturated carbocycles. The van der Waals surface area contributed by atoms with E-state index in [2.05, 4.69) is 185 Å². The zero-order valence-corrected chi connectivity index (χ0v) is 69.1. The first-order valence-corrected chi connectivity index (χ1v) is 35.2. The van der Waals surface area contributed by atoms with E-state index < -0.39 is 64.5 Å². The average Bonchev–Trinajstić information content (AvgIpc) is 0.845. The number of benzene rings is 8. The fourth-order valence-corrected chi connectivity index (χ4v) is 13.7. The van der Waals surface area contributed by atoms with Crippen LogP contribution in [0.5, 0.6) is 0 Å². The van der Waals surface area contributed by atoms with Gasteiger partial charge in [0.1, 0.15) is 11.6 Å². The Morgan fingerprint density at radius 3 is 0.842 bits per heavy atom. The monoisotopic (exact) mass is 2030 g/mol. The van der Waals surface area contributed by atoms with Crippen LogP contribution in [0.2, 0.25) is 10.0 Å². The van der Waals surface area contributed by atoms with Gasteiger partial charge in [-0.15, -0.1) is 0 Å². The second-order valence-electron chi connectivity index (χ2n) is 20.6. The van der Waals surface area contributed by atoms with E-state index in [1.165, 1.54) is 80.6 Å². The topological polar surface area (TPSA) is 0 Å². The number of rotatable bonds is 0. The maximum atomic E-state index is 12.9. The molecule has 522 valence electrons. The van der Waals surface area contributed by atoms with Crippen molar-refractivity contribution >= 4 is 183 Å². The summed E-state index contributed by atoms with van der Waals surface area (Å²) in [7, 11) is 0. The average molecular weight is 2040 g/mol. The highest BCUT2D eigenvalue weighted by Gasteiger charge is 2.37. The number of alkyl halides is 15. The Labute approximate surface area is 635 Å². The third-order valence-corrected chi connectivity index (χ3v) is 19.7. The first kappa shape index (κ1) is 91.0. The van der Waals surface area contributed by atoms with E-state index in [4.69, 9.17) is 23.2 Å². The smallest absolute Gasteiger partial charge is 0.207 e. The van der Waals surface area contributed by atoms with Crippen LogP contribution in [0.1, 0.15) is 100 Å². The summed E-state index contributed by atoms with van der Waals surface area (Å²) in [5.41, 5.74) is 5.05. The van der Waals surface area contributed by atoms with E-state index in [0.717, 1.165) is 65.0 Å². The van der Waals surface area contributed by atoms with Crippen molar-refractivity contribution in [3.63, 3.8) is 0 Å². The van der Waals surface area contributed by atoms with Crippen molar-refractivity contribution in [1.29, 1.82) is 0 Å². The third-order valence-electron chi connectivity index (χ3n) is 12.7. The molecule has 0 heterocycles. The van der Waals surface area contributed by atoms with E-state index in [9.17, 15) is 74.6 Å². The lowest BCUT2D eigenvalue weighted by Crippen LogP contribution is -2.09. The Balaban J connectivity index is 0.000000544. The van der Waals surface area contributed by atoms with E-state index in [1.807, 2.05) is 39.0 Å². The molecule has 0 saturated heterocycles. The van der Waals surface area contributed by atoms with Crippen LogP contribution in [0.25, 0.3) is 0 Å². The number of hydrogen-bond acceptors (Lipinski definition) is 0. The zero-order chi connectivity index (χ0) is 74.3. The summed E-state index contributed by atoms with van der Waals surface area (Å²) in [6.45, 7) is 22.3. The summed E-state index contributed by atoms with van der Waals surface area (Å²) < 4.78 is 217. The van der Waals surface area contributed by atoms with E-state index in [1.54, 1.807) is 32.9 Å². The Morgan fingerprint density at radius 2 is 0.495 bits per heavy atom. The van der Waals surface area contributed by atoms with Crippen molar-refractivity contribution in [3.8, 4) is 0 Å². The molecule has 0 atom stereocenters. The van der Waals surface area contributed by atoms with Crippen molar-refractivity contribution in [2.24, 2.45) is 0 Å². The molecule has 8 rings (SSSR count). The molecule has 0 aliphatic rings. The number of hydrogen-bond donors (Lipinski definition) is 0. The van der Waals surface area contributed by atoms with Gasteiger partial charge in [0, 0.05) is 49.7 Å². The molecule has 8 aromatic rings. The molecule has 0 unspecified atom stereocenters. The first-order valence-electron chi connectivity index (χ1n) is 26.5. The molecule has 29 heteroatoms. The second kappa shape index (κ2) is 38.8. The minimum absolute atomic E-state index is 0.0262. The lowest BCUT2D eigenvalue weighted by molar-refractivity contribution is -0.140. The molecular weight excluding hydrogens is 1990 g/mol. The van der Waals surface area contributed by atoms with Crippen LogP contribution in [-0.4, -0.2) is 0 Å². The molecule has 0 aliphatic heterocycles. The molecule has 0 nitrogen and oxygen atoms in total. The van der Waals surface area contributed by atoms with E-state index >= 15 is 0 Å². The Bertz CT molecular complexity index is 3440. The van der Waals surface area contributed by atoms with Gasteiger partial charge in [0.25, 0.3) is 0 Å². The van der Waals surface area contributed by atoms with Crippen molar-refractivity contribution in [3.05, 3.63) is 264 Å². The quantitative estimate of drug-likeness (QED) is 0.133. The first-order chi connectivity index (χ1) is 42.9. The minimum Gasteiger partial charge on any atom is -0.207 e. The largest absolute Gasteiger partial charge is 0.419 e.